The van der Waals surface area contributed by atoms with E-state index in [1.807, 2.05) is 6.92 Å². The molecule has 0 bridgehead atoms. The Kier molecular flexibility index (Phi) is 4.14. The molecule has 0 aliphatic carbocycles. The number of thiophene rings is 1. The van der Waals surface area contributed by atoms with Crippen LogP contribution in [-0.4, -0.2) is 11.1 Å². The van der Waals surface area contributed by atoms with E-state index < -0.39 is 5.97 Å². The Bertz CT molecular complexity index is 304. The topological polar surface area (TPSA) is 37.3 Å². The smallest absolute Gasteiger partial charge is 0.303 e. The number of hydrogen-bond donors (Lipinski definition) is 1. The number of carbonyl (C=O) groups is 1. The number of hydrogen-bond acceptors (Lipinski definition) is 2. The number of carboxylic acid groups (broad SMARTS) is 1. The molecule has 1 aromatic heterocycles. The van der Waals surface area contributed by atoms with Crippen LogP contribution in [0.25, 0.3) is 0 Å². The summed E-state index contributed by atoms with van der Waals surface area (Å²) in [6, 6.07) is 4.25. The van der Waals surface area contributed by atoms with Gasteiger partial charge in [-0.1, -0.05) is 13.8 Å². The molecule has 0 saturated carbocycles. The quantitative estimate of drug-likeness (QED) is 0.814. The van der Waals surface area contributed by atoms with Gasteiger partial charge in [-0.2, -0.15) is 0 Å². The Morgan fingerprint density at radius 2 is 2.14 bits per heavy atom. The van der Waals surface area contributed by atoms with Crippen LogP contribution >= 0.6 is 11.3 Å². The summed E-state index contributed by atoms with van der Waals surface area (Å²) in [5.41, 5.74) is 0. The van der Waals surface area contributed by atoms with Crippen LogP contribution in [0.5, 0.6) is 0 Å². The van der Waals surface area contributed by atoms with Gasteiger partial charge in [-0.05, 0) is 30.9 Å². The minimum absolute atomic E-state index is 0.232. The lowest BCUT2D eigenvalue weighted by atomic mass is 10.0. The molecule has 1 atom stereocenters. The molecule has 0 amide bonds. The van der Waals surface area contributed by atoms with Crippen LogP contribution in [0, 0.1) is 5.92 Å². The maximum atomic E-state index is 10.5. The van der Waals surface area contributed by atoms with E-state index in [0.29, 0.717) is 0 Å². The van der Waals surface area contributed by atoms with Crippen molar-refractivity contribution in [3.05, 3.63) is 21.9 Å². The van der Waals surface area contributed by atoms with Crippen molar-refractivity contribution in [2.75, 3.05) is 0 Å². The summed E-state index contributed by atoms with van der Waals surface area (Å²) in [5.74, 6) is -0.472. The van der Waals surface area contributed by atoms with Gasteiger partial charge in [0, 0.05) is 16.2 Å². The van der Waals surface area contributed by atoms with Crippen LogP contribution in [0.2, 0.25) is 0 Å². The molecule has 3 heteroatoms. The van der Waals surface area contributed by atoms with Gasteiger partial charge >= 0.3 is 5.97 Å². The summed E-state index contributed by atoms with van der Waals surface area (Å²) in [5, 5.41) is 8.62. The summed E-state index contributed by atoms with van der Waals surface area (Å²) >= 11 is 1.80. The Morgan fingerprint density at radius 3 is 2.64 bits per heavy atom. The first-order valence-corrected chi connectivity index (χ1v) is 5.72. The van der Waals surface area contributed by atoms with Crippen LogP contribution in [0.1, 0.15) is 30.0 Å². The third kappa shape index (κ3) is 3.50. The lowest BCUT2D eigenvalue weighted by Crippen LogP contribution is -2.05. The Hall–Kier alpha value is -0.830. The van der Waals surface area contributed by atoms with E-state index in [-0.39, 0.29) is 12.3 Å². The molecule has 1 aromatic rings. The molecule has 0 aliphatic heterocycles. The molecule has 0 aliphatic rings. The maximum Gasteiger partial charge on any atom is 0.303 e. The fraction of sp³-hybridized carbons (Fsp3) is 0.545. The average Bonchev–Trinajstić information content (AvgIpc) is 2.50. The van der Waals surface area contributed by atoms with Gasteiger partial charge in [0.15, 0.2) is 0 Å². The second-order valence-electron chi connectivity index (χ2n) is 3.63. The second-order valence-corrected chi connectivity index (χ2v) is 4.88. The van der Waals surface area contributed by atoms with Gasteiger partial charge in [0.25, 0.3) is 0 Å². The van der Waals surface area contributed by atoms with Crippen molar-refractivity contribution in [3.63, 3.8) is 0 Å². The molecule has 1 N–H and O–H groups in total. The van der Waals surface area contributed by atoms with E-state index in [1.165, 1.54) is 9.75 Å². The SMILES string of the molecule is CCc1ccc(CC(C)CC(=O)O)s1. The first-order valence-electron chi connectivity index (χ1n) is 4.91. The predicted molar refractivity (Wildman–Crippen MR) is 58.8 cm³/mol. The number of aliphatic carboxylic acids is 1. The summed E-state index contributed by atoms with van der Waals surface area (Å²) in [7, 11) is 0. The molecule has 0 fully saturated rings. The zero-order valence-corrected chi connectivity index (χ0v) is 9.43. The molecule has 1 rings (SSSR count). The van der Waals surface area contributed by atoms with Gasteiger partial charge in [-0.3, -0.25) is 4.79 Å². The van der Waals surface area contributed by atoms with E-state index in [1.54, 1.807) is 11.3 Å². The third-order valence-corrected chi connectivity index (χ3v) is 3.39. The zero-order valence-electron chi connectivity index (χ0n) is 8.62. The lowest BCUT2D eigenvalue weighted by Gasteiger charge is -2.05. The van der Waals surface area contributed by atoms with Gasteiger partial charge < -0.3 is 5.11 Å². The highest BCUT2D eigenvalue weighted by molar-refractivity contribution is 7.11. The van der Waals surface area contributed by atoms with E-state index >= 15 is 0 Å². The Morgan fingerprint density at radius 1 is 1.50 bits per heavy atom. The molecule has 2 nitrogen and oxygen atoms in total. The summed E-state index contributed by atoms with van der Waals surface area (Å²) < 4.78 is 0. The molecule has 0 saturated heterocycles. The highest BCUT2D eigenvalue weighted by Gasteiger charge is 2.09. The standard InChI is InChI=1S/C11H16O2S/c1-3-9-4-5-10(14-9)6-8(2)7-11(12)13/h4-5,8H,3,6-7H2,1-2H3,(H,12,13). The first-order chi connectivity index (χ1) is 6.61. The van der Waals surface area contributed by atoms with Crippen molar-refractivity contribution in [2.24, 2.45) is 5.92 Å². The van der Waals surface area contributed by atoms with Crippen LogP contribution < -0.4 is 0 Å². The largest absolute Gasteiger partial charge is 0.481 e. The van der Waals surface area contributed by atoms with Crippen molar-refractivity contribution >= 4 is 17.3 Å². The highest BCUT2D eigenvalue weighted by Crippen LogP contribution is 2.21. The minimum Gasteiger partial charge on any atom is -0.481 e. The van der Waals surface area contributed by atoms with Crippen molar-refractivity contribution in [1.82, 2.24) is 0 Å². The Balaban J connectivity index is 2.47. The Labute approximate surface area is 88.6 Å². The van der Waals surface area contributed by atoms with Crippen molar-refractivity contribution in [2.45, 2.75) is 33.1 Å². The van der Waals surface area contributed by atoms with Crippen LogP contribution in [-0.2, 0) is 17.6 Å². The van der Waals surface area contributed by atoms with Gasteiger partial charge in [0.1, 0.15) is 0 Å². The fourth-order valence-electron chi connectivity index (χ4n) is 1.44. The highest BCUT2D eigenvalue weighted by atomic mass is 32.1. The van der Waals surface area contributed by atoms with Crippen molar-refractivity contribution in [3.8, 4) is 0 Å². The fourth-order valence-corrected chi connectivity index (χ4v) is 2.56. The predicted octanol–water partition coefficient (Wildman–Crippen LogP) is 2.96. The zero-order chi connectivity index (χ0) is 10.6. The number of carboxylic acids is 1. The van der Waals surface area contributed by atoms with Crippen molar-refractivity contribution < 1.29 is 9.90 Å². The normalized spacial score (nSPS) is 12.7. The van der Waals surface area contributed by atoms with Crippen LogP contribution in [0.3, 0.4) is 0 Å². The maximum absolute atomic E-state index is 10.5. The number of rotatable bonds is 5. The summed E-state index contributed by atoms with van der Waals surface area (Å²) in [4.78, 5) is 13.1. The molecule has 1 unspecified atom stereocenters. The van der Waals surface area contributed by atoms with E-state index in [4.69, 9.17) is 5.11 Å². The van der Waals surface area contributed by atoms with E-state index in [0.717, 1.165) is 12.8 Å². The molecule has 0 aromatic carbocycles. The molecule has 1 heterocycles. The van der Waals surface area contributed by atoms with E-state index in [9.17, 15) is 4.79 Å². The summed E-state index contributed by atoms with van der Waals surface area (Å²) in [6.07, 6.45) is 2.22. The second kappa shape index (κ2) is 5.15. The summed E-state index contributed by atoms with van der Waals surface area (Å²) in [6.45, 7) is 4.12. The van der Waals surface area contributed by atoms with Gasteiger partial charge in [-0.25, -0.2) is 0 Å². The van der Waals surface area contributed by atoms with E-state index in [2.05, 4.69) is 19.1 Å². The van der Waals surface area contributed by atoms with Crippen molar-refractivity contribution in [1.29, 1.82) is 0 Å². The van der Waals surface area contributed by atoms with Gasteiger partial charge in [0.2, 0.25) is 0 Å². The third-order valence-electron chi connectivity index (χ3n) is 2.14. The van der Waals surface area contributed by atoms with Gasteiger partial charge in [-0.15, -0.1) is 11.3 Å². The molecular formula is C11H16O2S. The number of aryl methyl sites for hydroxylation is 1. The van der Waals surface area contributed by atoms with Crippen LogP contribution in [0.4, 0.5) is 0 Å². The molecule has 0 radical (unpaired) electrons. The first kappa shape index (κ1) is 11.2. The average molecular weight is 212 g/mol. The molecular weight excluding hydrogens is 196 g/mol. The lowest BCUT2D eigenvalue weighted by molar-refractivity contribution is -0.137. The van der Waals surface area contributed by atoms with Gasteiger partial charge in [0.05, 0.1) is 0 Å². The molecule has 78 valence electrons. The monoisotopic (exact) mass is 212 g/mol. The van der Waals surface area contributed by atoms with Crippen LogP contribution in [0.15, 0.2) is 12.1 Å². The molecule has 0 spiro atoms. The minimum atomic E-state index is -0.704. The molecule has 14 heavy (non-hydrogen) atoms.